The molecule has 1 aromatic rings. The first kappa shape index (κ1) is 20.6. The van der Waals surface area contributed by atoms with E-state index in [2.05, 4.69) is 46.7 Å². The SMILES string of the molecule is CC(CNC(=O)C1CSCN1)N1CCc2ccccc2C1.Cl.Cl. The molecule has 130 valence electrons. The number of amides is 1. The van der Waals surface area contributed by atoms with Crippen LogP contribution in [-0.4, -0.2) is 47.6 Å². The van der Waals surface area contributed by atoms with Crippen molar-refractivity contribution in [2.75, 3.05) is 24.7 Å². The zero-order chi connectivity index (χ0) is 14.7. The highest BCUT2D eigenvalue weighted by Crippen LogP contribution is 2.20. The highest BCUT2D eigenvalue weighted by molar-refractivity contribution is 7.99. The third-order valence-corrected chi connectivity index (χ3v) is 5.33. The van der Waals surface area contributed by atoms with E-state index in [0.717, 1.165) is 37.7 Å². The van der Waals surface area contributed by atoms with Gasteiger partial charge in [0, 0.05) is 37.3 Å². The molecule has 0 aliphatic carbocycles. The summed E-state index contributed by atoms with van der Waals surface area (Å²) in [5.41, 5.74) is 2.90. The maximum absolute atomic E-state index is 12.0. The Labute approximate surface area is 155 Å². The normalized spacial score (nSPS) is 21.5. The second-order valence-corrected chi connectivity index (χ2v) is 6.89. The Morgan fingerprint density at radius 1 is 1.39 bits per heavy atom. The highest BCUT2D eigenvalue weighted by Gasteiger charge is 2.24. The quantitative estimate of drug-likeness (QED) is 0.842. The summed E-state index contributed by atoms with van der Waals surface area (Å²) in [5, 5.41) is 6.30. The van der Waals surface area contributed by atoms with E-state index in [4.69, 9.17) is 0 Å². The fraction of sp³-hybridized carbons (Fsp3) is 0.562. The topological polar surface area (TPSA) is 44.4 Å². The fourth-order valence-electron chi connectivity index (χ4n) is 2.96. The maximum atomic E-state index is 12.0. The predicted octanol–water partition coefficient (Wildman–Crippen LogP) is 2.06. The molecule has 3 rings (SSSR count). The van der Waals surface area contributed by atoms with Crippen molar-refractivity contribution in [2.24, 2.45) is 0 Å². The van der Waals surface area contributed by atoms with Gasteiger partial charge in [0.15, 0.2) is 0 Å². The Hall–Kier alpha value is -0.460. The Balaban J connectivity index is 0.00000132. The molecule has 2 unspecified atom stereocenters. The van der Waals surface area contributed by atoms with Crippen LogP contribution in [0.4, 0.5) is 0 Å². The summed E-state index contributed by atoms with van der Waals surface area (Å²) in [5.74, 6) is 1.91. The fourth-order valence-corrected chi connectivity index (χ4v) is 3.90. The van der Waals surface area contributed by atoms with Gasteiger partial charge in [0.25, 0.3) is 0 Å². The van der Waals surface area contributed by atoms with E-state index < -0.39 is 0 Å². The average Bonchev–Trinajstić information content (AvgIpc) is 3.06. The number of carbonyl (C=O) groups excluding carboxylic acids is 1. The number of benzene rings is 1. The van der Waals surface area contributed by atoms with Crippen molar-refractivity contribution >= 4 is 42.5 Å². The van der Waals surface area contributed by atoms with E-state index >= 15 is 0 Å². The molecule has 0 saturated carbocycles. The van der Waals surface area contributed by atoms with Crippen LogP contribution < -0.4 is 10.6 Å². The van der Waals surface area contributed by atoms with Crippen molar-refractivity contribution in [3.05, 3.63) is 35.4 Å². The van der Waals surface area contributed by atoms with Gasteiger partial charge >= 0.3 is 0 Å². The third kappa shape index (κ3) is 5.26. The van der Waals surface area contributed by atoms with Gasteiger partial charge in [-0.3, -0.25) is 15.0 Å². The molecule has 0 bridgehead atoms. The molecule has 2 aliphatic rings. The van der Waals surface area contributed by atoms with Crippen LogP contribution in [0.5, 0.6) is 0 Å². The summed E-state index contributed by atoms with van der Waals surface area (Å²) < 4.78 is 0. The smallest absolute Gasteiger partial charge is 0.238 e. The first-order valence-electron chi connectivity index (χ1n) is 7.63. The number of nitrogens with one attached hydrogen (secondary N) is 2. The second-order valence-electron chi connectivity index (χ2n) is 5.86. The number of hydrogen-bond acceptors (Lipinski definition) is 4. The van der Waals surface area contributed by atoms with Crippen LogP contribution in [-0.2, 0) is 17.8 Å². The molecule has 2 atom stereocenters. The molecule has 1 aromatic carbocycles. The standard InChI is InChI=1S/C16H23N3OS.2ClH/c1-12(8-17-16(20)15-10-21-11-18-15)19-7-6-13-4-2-3-5-14(13)9-19;;/h2-5,12,15,18H,6-11H2,1H3,(H,17,20);2*1H. The van der Waals surface area contributed by atoms with Crippen molar-refractivity contribution in [2.45, 2.75) is 32.0 Å². The van der Waals surface area contributed by atoms with Gasteiger partial charge in [-0.1, -0.05) is 24.3 Å². The second kappa shape index (κ2) is 9.74. The van der Waals surface area contributed by atoms with E-state index in [1.54, 1.807) is 11.8 Å². The monoisotopic (exact) mass is 377 g/mol. The van der Waals surface area contributed by atoms with Crippen molar-refractivity contribution in [1.29, 1.82) is 0 Å². The lowest BCUT2D eigenvalue weighted by Crippen LogP contribution is -2.48. The Kier molecular flexibility index (Phi) is 8.72. The lowest BCUT2D eigenvalue weighted by atomic mass is 9.99. The summed E-state index contributed by atoms with van der Waals surface area (Å²) in [7, 11) is 0. The van der Waals surface area contributed by atoms with Crippen LogP contribution >= 0.6 is 36.6 Å². The number of halogens is 2. The lowest BCUT2D eigenvalue weighted by Gasteiger charge is -2.34. The first-order chi connectivity index (χ1) is 10.2. The van der Waals surface area contributed by atoms with Crippen LogP contribution in [0.3, 0.4) is 0 Å². The molecule has 23 heavy (non-hydrogen) atoms. The van der Waals surface area contributed by atoms with Gasteiger partial charge in [-0.25, -0.2) is 0 Å². The number of thioether (sulfide) groups is 1. The molecule has 2 N–H and O–H groups in total. The van der Waals surface area contributed by atoms with Gasteiger partial charge in [0.05, 0.1) is 6.04 Å². The molecule has 1 saturated heterocycles. The number of carbonyl (C=O) groups is 1. The predicted molar refractivity (Wildman–Crippen MR) is 102 cm³/mol. The van der Waals surface area contributed by atoms with E-state index in [-0.39, 0.29) is 36.8 Å². The van der Waals surface area contributed by atoms with E-state index in [1.165, 1.54) is 11.1 Å². The summed E-state index contributed by atoms with van der Waals surface area (Å²) in [6.07, 6.45) is 1.11. The van der Waals surface area contributed by atoms with Crippen LogP contribution in [0, 0.1) is 0 Å². The minimum atomic E-state index is -0.00992. The van der Waals surface area contributed by atoms with Crippen LogP contribution in [0.15, 0.2) is 24.3 Å². The molecule has 2 heterocycles. The molecular formula is C16H25Cl2N3OS. The van der Waals surface area contributed by atoms with Crippen molar-refractivity contribution in [3.63, 3.8) is 0 Å². The van der Waals surface area contributed by atoms with Gasteiger partial charge in [-0.2, -0.15) is 0 Å². The molecule has 0 radical (unpaired) electrons. The van der Waals surface area contributed by atoms with Gasteiger partial charge in [-0.15, -0.1) is 36.6 Å². The maximum Gasteiger partial charge on any atom is 0.238 e. The summed E-state index contributed by atoms with van der Waals surface area (Å²) >= 11 is 1.78. The zero-order valence-corrected chi connectivity index (χ0v) is 15.7. The van der Waals surface area contributed by atoms with Crippen molar-refractivity contribution in [1.82, 2.24) is 15.5 Å². The number of rotatable bonds is 4. The molecule has 4 nitrogen and oxygen atoms in total. The Morgan fingerprint density at radius 3 is 2.83 bits per heavy atom. The minimum absolute atomic E-state index is 0. The molecule has 2 aliphatic heterocycles. The minimum Gasteiger partial charge on any atom is -0.353 e. The third-order valence-electron chi connectivity index (χ3n) is 4.39. The van der Waals surface area contributed by atoms with Gasteiger partial charge in [0.1, 0.15) is 0 Å². The van der Waals surface area contributed by atoms with E-state index in [0.29, 0.717) is 6.04 Å². The first-order valence-corrected chi connectivity index (χ1v) is 8.79. The van der Waals surface area contributed by atoms with Gasteiger partial charge in [-0.05, 0) is 24.5 Å². The number of fused-ring (bicyclic) bond motifs is 1. The highest BCUT2D eigenvalue weighted by atomic mass is 35.5. The van der Waals surface area contributed by atoms with Crippen molar-refractivity contribution < 1.29 is 4.79 Å². The van der Waals surface area contributed by atoms with Crippen LogP contribution in [0.1, 0.15) is 18.1 Å². The zero-order valence-electron chi connectivity index (χ0n) is 13.3. The number of nitrogens with zero attached hydrogens (tertiary/aromatic N) is 1. The largest absolute Gasteiger partial charge is 0.353 e. The molecule has 0 aromatic heterocycles. The van der Waals surface area contributed by atoms with Crippen molar-refractivity contribution in [3.8, 4) is 0 Å². The van der Waals surface area contributed by atoms with E-state index in [1.807, 2.05) is 0 Å². The van der Waals surface area contributed by atoms with Gasteiger partial charge < -0.3 is 5.32 Å². The average molecular weight is 378 g/mol. The number of hydrogen-bond donors (Lipinski definition) is 2. The summed E-state index contributed by atoms with van der Waals surface area (Å²) in [6, 6.07) is 9.03. The van der Waals surface area contributed by atoms with E-state index in [9.17, 15) is 4.79 Å². The Bertz CT molecular complexity index is 512. The Morgan fingerprint density at radius 2 is 2.13 bits per heavy atom. The molecule has 7 heteroatoms. The molecule has 1 amide bonds. The van der Waals surface area contributed by atoms with Crippen LogP contribution in [0.2, 0.25) is 0 Å². The summed E-state index contributed by atoms with van der Waals surface area (Å²) in [4.78, 5) is 14.5. The molecule has 0 spiro atoms. The van der Waals surface area contributed by atoms with Crippen LogP contribution in [0.25, 0.3) is 0 Å². The molecular weight excluding hydrogens is 353 g/mol. The lowest BCUT2D eigenvalue weighted by molar-refractivity contribution is -0.122. The van der Waals surface area contributed by atoms with Gasteiger partial charge in [0.2, 0.25) is 5.91 Å². The molecule has 1 fully saturated rings. The summed E-state index contributed by atoms with van der Waals surface area (Å²) in [6.45, 7) is 4.99.